The predicted octanol–water partition coefficient (Wildman–Crippen LogP) is 3.24. The summed E-state index contributed by atoms with van der Waals surface area (Å²) in [5.41, 5.74) is 1.63. The summed E-state index contributed by atoms with van der Waals surface area (Å²) in [4.78, 5) is 12.5. The van der Waals surface area contributed by atoms with Crippen molar-refractivity contribution >= 4 is 27.3 Å². The van der Waals surface area contributed by atoms with Gasteiger partial charge in [-0.2, -0.15) is 0 Å². The van der Waals surface area contributed by atoms with Crippen molar-refractivity contribution in [1.82, 2.24) is 0 Å². The maximum absolute atomic E-state index is 12.8. The van der Waals surface area contributed by atoms with E-state index in [0.29, 0.717) is 22.7 Å². The van der Waals surface area contributed by atoms with Gasteiger partial charge in [0.05, 0.1) is 24.3 Å². The number of rotatable bonds is 7. The van der Waals surface area contributed by atoms with Crippen molar-refractivity contribution in [3.8, 4) is 5.75 Å². The summed E-state index contributed by atoms with van der Waals surface area (Å²) >= 11 is 0. The number of amides is 1. The summed E-state index contributed by atoms with van der Waals surface area (Å²) in [6.45, 7) is -0.147. The lowest BCUT2D eigenvalue weighted by atomic mass is 10.2. The summed E-state index contributed by atoms with van der Waals surface area (Å²) in [6.07, 6.45) is 0. The molecule has 0 heterocycles. The minimum Gasteiger partial charge on any atom is -0.495 e. The van der Waals surface area contributed by atoms with Gasteiger partial charge in [-0.15, -0.1) is 0 Å². The van der Waals surface area contributed by atoms with Gasteiger partial charge in [0.15, 0.2) is 0 Å². The molecule has 0 bridgehead atoms. The normalized spacial score (nSPS) is 11.0. The van der Waals surface area contributed by atoms with Crippen LogP contribution in [0.1, 0.15) is 15.9 Å². The number of para-hydroxylation sites is 2. The van der Waals surface area contributed by atoms with E-state index >= 15 is 0 Å². The van der Waals surface area contributed by atoms with E-state index in [2.05, 4.69) is 10.0 Å². The molecule has 0 spiro atoms. The van der Waals surface area contributed by atoms with E-state index in [1.54, 1.807) is 48.5 Å². The van der Waals surface area contributed by atoms with Gasteiger partial charge in [0.25, 0.3) is 15.9 Å². The van der Waals surface area contributed by atoms with Gasteiger partial charge in [0.1, 0.15) is 5.75 Å². The first-order valence-corrected chi connectivity index (χ1v) is 10.2. The molecule has 0 saturated carbocycles. The summed E-state index contributed by atoms with van der Waals surface area (Å²) in [5, 5.41) is 11.9. The highest BCUT2D eigenvalue weighted by molar-refractivity contribution is 7.92. The van der Waals surface area contributed by atoms with Crippen LogP contribution in [-0.2, 0) is 16.6 Å². The van der Waals surface area contributed by atoms with Gasteiger partial charge in [-0.05, 0) is 48.0 Å². The zero-order valence-electron chi connectivity index (χ0n) is 15.6. The Morgan fingerprint density at radius 1 is 1.00 bits per heavy atom. The lowest BCUT2D eigenvalue weighted by Crippen LogP contribution is -2.16. The van der Waals surface area contributed by atoms with E-state index in [0.717, 1.165) is 0 Å². The lowest BCUT2D eigenvalue weighted by Gasteiger charge is -2.12. The SMILES string of the molecule is COc1ccccc1NS(=O)(=O)c1cccc(C(=O)Nc2cccc(CO)c2)c1. The van der Waals surface area contributed by atoms with Crippen LogP contribution < -0.4 is 14.8 Å². The third-order valence-corrected chi connectivity index (χ3v) is 5.49. The average molecular weight is 412 g/mol. The van der Waals surface area contributed by atoms with Crippen LogP contribution in [0.2, 0.25) is 0 Å². The molecule has 7 nitrogen and oxygen atoms in total. The fourth-order valence-electron chi connectivity index (χ4n) is 2.69. The first kappa shape index (κ1) is 20.4. The minimum absolute atomic E-state index is 0.0554. The minimum atomic E-state index is -3.93. The molecule has 8 heteroatoms. The van der Waals surface area contributed by atoms with Crippen molar-refractivity contribution in [2.24, 2.45) is 0 Å². The van der Waals surface area contributed by atoms with E-state index in [1.807, 2.05) is 0 Å². The van der Waals surface area contributed by atoms with Crippen LogP contribution in [0, 0.1) is 0 Å². The molecule has 0 fully saturated rings. The van der Waals surface area contributed by atoms with Gasteiger partial charge in [-0.1, -0.05) is 30.3 Å². The number of anilines is 2. The van der Waals surface area contributed by atoms with Crippen molar-refractivity contribution in [3.05, 3.63) is 83.9 Å². The second kappa shape index (κ2) is 8.76. The van der Waals surface area contributed by atoms with Crippen LogP contribution in [0.15, 0.2) is 77.7 Å². The summed E-state index contributed by atoms with van der Waals surface area (Å²) in [5.74, 6) is -0.0804. The van der Waals surface area contributed by atoms with Crippen LogP contribution in [0.4, 0.5) is 11.4 Å². The number of ether oxygens (including phenoxy) is 1. The van der Waals surface area contributed by atoms with Crippen molar-refractivity contribution in [2.75, 3.05) is 17.1 Å². The molecule has 3 aromatic carbocycles. The number of carbonyl (C=O) groups is 1. The fraction of sp³-hybridized carbons (Fsp3) is 0.0952. The molecule has 0 atom stereocenters. The second-order valence-corrected chi connectivity index (χ2v) is 7.83. The standard InChI is InChI=1S/C21H20N2O5S/c1-28-20-11-3-2-10-19(20)23-29(26,27)18-9-5-7-16(13-18)21(25)22-17-8-4-6-15(12-17)14-24/h2-13,23-24H,14H2,1H3,(H,22,25). The van der Waals surface area contributed by atoms with E-state index in [9.17, 15) is 18.3 Å². The predicted molar refractivity (Wildman–Crippen MR) is 111 cm³/mol. The number of hydrogen-bond donors (Lipinski definition) is 3. The highest BCUT2D eigenvalue weighted by Crippen LogP contribution is 2.26. The molecule has 3 rings (SSSR count). The Morgan fingerprint density at radius 3 is 2.52 bits per heavy atom. The monoisotopic (exact) mass is 412 g/mol. The van der Waals surface area contributed by atoms with E-state index in [-0.39, 0.29) is 17.1 Å². The second-order valence-electron chi connectivity index (χ2n) is 6.15. The summed E-state index contributed by atoms with van der Waals surface area (Å²) < 4.78 is 33.2. The van der Waals surface area contributed by atoms with Crippen LogP contribution >= 0.6 is 0 Å². The smallest absolute Gasteiger partial charge is 0.262 e. The zero-order chi connectivity index (χ0) is 20.9. The van der Waals surface area contributed by atoms with Crippen molar-refractivity contribution in [1.29, 1.82) is 0 Å². The molecule has 0 saturated heterocycles. The average Bonchev–Trinajstić information content (AvgIpc) is 2.74. The van der Waals surface area contributed by atoms with Gasteiger partial charge >= 0.3 is 0 Å². The molecule has 150 valence electrons. The highest BCUT2D eigenvalue weighted by atomic mass is 32.2. The molecule has 1 amide bonds. The molecular weight excluding hydrogens is 392 g/mol. The molecule has 3 aromatic rings. The van der Waals surface area contributed by atoms with Crippen molar-refractivity contribution < 1.29 is 23.1 Å². The van der Waals surface area contributed by atoms with Crippen LogP contribution in [-0.4, -0.2) is 26.5 Å². The van der Waals surface area contributed by atoms with Gasteiger partial charge in [-0.25, -0.2) is 8.42 Å². The number of methoxy groups -OCH3 is 1. The van der Waals surface area contributed by atoms with Crippen LogP contribution in [0.25, 0.3) is 0 Å². The third-order valence-electron chi connectivity index (χ3n) is 4.13. The molecule has 29 heavy (non-hydrogen) atoms. The first-order chi connectivity index (χ1) is 13.9. The number of sulfonamides is 1. The zero-order valence-corrected chi connectivity index (χ0v) is 16.4. The quantitative estimate of drug-likeness (QED) is 0.553. The van der Waals surface area contributed by atoms with Gasteiger partial charge in [0.2, 0.25) is 0 Å². The van der Waals surface area contributed by atoms with Crippen molar-refractivity contribution in [2.45, 2.75) is 11.5 Å². The van der Waals surface area contributed by atoms with E-state index in [4.69, 9.17) is 4.74 Å². The Labute approximate surface area is 169 Å². The molecule has 0 aliphatic rings. The van der Waals surface area contributed by atoms with Crippen LogP contribution in [0.3, 0.4) is 0 Å². The molecule has 3 N–H and O–H groups in total. The van der Waals surface area contributed by atoms with E-state index in [1.165, 1.54) is 31.4 Å². The Hall–Kier alpha value is -3.36. The largest absolute Gasteiger partial charge is 0.495 e. The number of carbonyl (C=O) groups excluding carboxylic acids is 1. The fourth-order valence-corrected chi connectivity index (χ4v) is 3.80. The third kappa shape index (κ3) is 4.92. The molecule has 0 aliphatic carbocycles. The Morgan fingerprint density at radius 2 is 1.76 bits per heavy atom. The topological polar surface area (TPSA) is 105 Å². The first-order valence-electron chi connectivity index (χ1n) is 8.70. The molecular formula is C21H20N2O5S. The molecule has 0 aliphatic heterocycles. The summed E-state index contributed by atoms with van der Waals surface area (Å²) in [7, 11) is -2.48. The van der Waals surface area contributed by atoms with Gasteiger partial charge in [0, 0.05) is 11.3 Å². The number of aliphatic hydroxyl groups is 1. The number of benzene rings is 3. The van der Waals surface area contributed by atoms with Crippen LogP contribution in [0.5, 0.6) is 5.75 Å². The Bertz CT molecular complexity index is 1130. The molecule has 0 radical (unpaired) electrons. The van der Waals surface area contributed by atoms with Gasteiger partial charge < -0.3 is 15.2 Å². The molecule has 0 unspecified atom stereocenters. The molecule has 0 aromatic heterocycles. The lowest BCUT2D eigenvalue weighted by molar-refractivity contribution is 0.102. The highest BCUT2D eigenvalue weighted by Gasteiger charge is 2.18. The van der Waals surface area contributed by atoms with E-state index < -0.39 is 15.9 Å². The Balaban J connectivity index is 1.83. The summed E-state index contributed by atoms with van der Waals surface area (Å²) in [6, 6.07) is 19.1. The maximum atomic E-state index is 12.8. The maximum Gasteiger partial charge on any atom is 0.262 e. The Kier molecular flexibility index (Phi) is 6.16. The number of hydrogen-bond acceptors (Lipinski definition) is 5. The van der Waals surface area contributed by atoms with Gasteiger partial charge in [-0.3, -0.25) is 9.52 Å². The number of nitrogens with one attached hydrogen (secondary N) is 2. The number of aliphatic hydroxyl groups excluding tert-OH is 1. The van der Waals surface area contributed by atoms with Crippen molar-refractivity contribution in [3.63, 3.8) is 0 Å².